The molecule has 0 aliphatic carbocycles. The molecule has 0 aliphatic heterocycles. The van der Waals surface area contributed by atoms with E-state index < -0.39 is 0 Å². The summed E-state index contributed by atoms with van der Waals surface area (Å²) in [5, 5.41) is 8.85. The van der Waals surface area contributed by atoms with Crippen molar-refractivity contribution in [1.82, 2.24) is 9.97 Å². The second kappa shape index (κ2) is 3.13. The van der Waals surface area contributed by atoms with E-state index in [0.717, 1.165) is 0 Å². The van der Waals surface area contributed by atoms with Gasteiger partial charge in [0.25, 0.3) is 0 Å². The van der Waals surface area contributed by atoms with Gasteiger partial charge in [-0.1, -0.05) is 11.6 Å². The summed E-state index contributed by atoms with van der Waals surface area (Å²) in [6.07, 6.45) is 0. The van der Waals surface area contributed by atoms with Crippen molar-refractivity contribution in [3.05, 3.63) is 28.9 Å². The molecule has 0 atom stereocenters. The van der Waals surface area contributed by atoms with Crippen LogP contribution >= 0.6 is 11.6 Å². The molecular formula is C9H5ClN4. The second-order valence-corrected chi connectivity index (χ2v) is 3.07. The van der Waals surface area contributed by atoms with Crippen LogP contribution in [0.1, 0.15) is 5.56 Å². The number of anilines is 1. The van der Waals surface area contributed by atoms with Gasteiger partial charge in [0.05, 0.1) is 22.7 Å². The average Bonchev–Trinajstić information content (AvgIpc) is 2.19. The van der Waals surface area contributed by atoms with E-state index in [1.54, 1.807) is 18.2 Å². The van der Waals surface area contributed by atoms with E-state index in [0.29, 0.717) is 16.6 Å². The van der Waals surface area contributed by atoms with Crippen molar-refractivity contribution in [2.75, 3.05) is 5.73 Å². The van der Waals surface area contributed by atoms with Gasteiger partial charge in [-0.3, -0.25) is 0 Å². The van der Waals surface area contributed by atoms with E-state index in [2.05, 4.69) is 9.97 Å². The molecular weight excluding hydrogens is 200 g/mol. The number of nitrogens with zero attached hydrogens (tertiary/aromatic N) is 3. The Bertz CT molecular complexity index is 544. The van der Waals surface area contributed by atoms with Gasteiger partial charge in [0.1, 0.15) is 0 Å². The summed E-state index contributed by atoms with van der Waals surface area (Å²) in [7, 11) is 0. The minimum Gasteiger partial charge on any atom is -0.381 e. The van der Waals surface area contributed by atoms with Gasteiger partial charge in [0.15, 0.2) is 11.0 Å². The Labute approximate surface area is 85.0 Å². The fourth-order valence-corrected chi connectivity index (χ4v) is 1.25. The molecule has 1 aromatic heterocycles. The van der Waals surface area contributed by atoms with Crippen molar-refractivity contribution in [2.24, 2.45) is 0 Å². The van der Waals surface area contributed by atoms with Crippen LogP contribution in [0.4, 0.5) is 5.82 Å². The Morgan fingerprint density at radius 1 is 1.29 bits per heavy atom. The maximum Gasteiger partial charge on any atom is 0.171 e. The first-order chi connectivity index (χ1) is 6.70. The predicted molar refractivity (Wildman–Crippen MR) is 53.7 cm³/mol. The molecule has 5 heteroatoms. The lowest BCUT2D eigenvalue weighted by atomic mass is 10.2. The van der Waals surface area contributed by atoms with Crippen LogP contribution in [0.5, 0.6) is 0 Å². The zero-order valence-electron chi connectivity index (χ0n) is 7.03. The third-order valence-electron chi connectivity index (χ3n) is 1.78. The molecule has 0 bridgehead atoms. The van der Waals surface area contributed by atoms with Crippen LogP contribution in [0.15, 0.2) is 18.2 Å². The number of nitrogen functional groups attached to an aromatic ring is 1. The smallest absolute Gasteiger partial charge is 0.171 e. The van der Waals surface area contributed by atoms with Gasteiger partial charge in [-0.2, -0.15) is 5.26 Å². The molecule has 0 unspecified atom stereocenters. The van der Waals surface area contributed by atoms with Crippen LogP contribution in [-0.4, -0.2) is 9.97 Å². The summed E-state index contributed by atoms with van der Waals surface area (Å²) < 4.78 is 0. The van der Waals surface area contributed by atoms with E-state index >= 15 is 0 Å². The van der Waals surface area contributed by atoms with Gasteiger partial charge in [-0.05, 0) is 18.2 Å². The molecule has 0 saturated carbocycles. The number of benzene rings is 1. The number of nitrogens with two attached hydrogens (primary N) is 1. The molecule has 2 aromatic rings. The zero-order valence-corrected chi connectivity index (χ0v) is 7.78. The Balaban J connectivity index is 2.78. The minimum absolute atomic E-state index is 0.175. The van der Waals surface area contributed by atoms with Crippen molar-refractivity contribution in [2.45, 2.75) is 0 Å². The molecule has 0 fully saturated rings. The second-order valence-electron chi connectivity index (χ2n) is 2.71. The van der Waals surface area contributed by atoms with E-state index in [1.165, 1.54) is 0 Å². The van der Waals surface area contributed by atoms with Gasteiger partial charge in [0, 0.05) is 0 Å². The summed E-state index contributed by atoms with van der Waals surface area (Å²) in [5.74, 6) is 0.175. The highest BCUT2D eigenvalue weighted by Crippen LogP contribution is 2.19. The molecule has 0 aliphatic rings. The lowest BCUT2D eigenvalue weighted by molar-refractivity contribution is 1.30. The summed E-state index contributed by atoms with van der Waals surface area (Å²) in [6, 6.07) is 6.97. The van der Waals surface area contributed by atoms with Crippen LogP contribution in [0, 0.1) is 11.3 Å². The first kappa shape index (κ1) is 8.73. The van der Waals surface area contributed by atoms with Gasteiger partial charge in [-0.25, -0.2) is 9.97 Å². The largest absolute Gasteiger partial charge is 0.381 e. The monoisotopic (exact) mass is 204 g/mol. The number of nitriles is 1. The molecule has 0 spiro atoms. The van der Waals surface area contributed by atoms with Crippen molar-refractivity contribution in [3.63, 3.8) is 0 Å². The van der Waals surface area contributed by atoms with Crippen LogP contribution in [0.25, 0.3) is 11.0 Å². The highest BCUT2D eigenvalue weighted by atomic mass is 35.5. The Hall–Kier alpha value is -1.86. The summed E-state index contributed by atoms with van der Waals surface area (Å²) in [6.45, 7) is 0. The first-order valence-electron chi connectivity index (χ1n) is 3.83. The van der Waals surface area contributed by atoms with Crippen LogP contribution in [-0.2, 0) is 0 Å². The van der Waals surface area contributed by atoms with E-state index in [4.69, 9.17) is 22.6 Å². The quantitative estimate of drug-likeness (QED) is 0.709. The first-order valence-corrected chi connectivity index (χ1v) is 4.21. The molecule has 1 aromatic carbocycles. The van der Waals surface area contributed by atoms with Crippen molar-refractivity contribution in [3.8, 4) is 6.07 Å². The number of hydrogen-bond acceptors (Lipinski definition) is 4. The van der Waals surface area contributed by atoms with Gasteiger partial charge in [0.2, 0.25) is 0 Å². The van der Waals surface area contributed by atoms with Gasteiger partial charge >= 0.3 is 0 Å². The van der Waals surface area contributed by atoms with Crippen LogP contribution < -0.4 is 5.73 Å². The summed E-state index contributed by atoms with van der Waals surface area (Å²) in [5.41, 5.74) is 7.21. The predicted octanol–water partition coefficient (Wildman–Crippen LogP) is 1.74. The maximum absolute atomic E-state index is 8.67. The number of aromatic nitrogens is 2. The topological polar surface area (TPSA) is 75.6 Å². The molecule has 4 nitrogen and oxygen atoms in total. The number of hydrogen-bond donors (Lipinski definition) is 1. The fourth-order valence-electron chi connectivity index (χ4n) is 1.12. The Kier molecular flexibility index (Phi) is 1.95. The normalized spacial score (nSPS) is 10.0. The number of fused-ring (bicyclic) bond motifs is 1. The molecule has 0 amide bonds. The molecule has 0 saturated heterocycles. The molecule has 0 radical (unpaired) electrons. The molecule has 68 valence electrons. The Morgan fingerprint density at radius 3 is 2.79 bits per heavy atom. The van der Waals surface area contributed by atoms with E-state index in [1.807, 2.05) is 6.07 Å². The summed E-state index contributed by atoms with van der Waals surface area (Å²) in [4.78, 5) is 8.04. The van der Waals surface area contributed by atoms with Crippen molar-refractivity contribution < 1.29 is 0 Å². The lowest BCUT2D eigenvalue weighted by Crippen LogP contribution is -1.95. The standard InChI is InChI=1S/C9H5ClN4/c10-8-9(12)14-7-3-5(4-11)1-2-6(7)13-8/h1-3H,(H2,12,14). The molecule has 2 N–H and O–H groups in total. The third kappa shape index (κ3) is 1.34. The Morgan fingerprint density at radius 2 is 2.07 bits per heavy atom. The number of halogens is 1. The summed E-state index contributed by atoms with van der Waals surface area (Å²) >= 11 is 5.70. The fraction of sp³-hybridized carbons (Fsp3) is 0. The van der Waals surface area contributed by atoms with E-state index in [9.17, 15) is 0 Å². The van der Waals surface area contributed by atoms with E-state index in [-0.39, 0.29) is 11.0 Å². The lowest BCUT2D eigenvalue weighted by Gasteiger charge is -2.00. The van der Waals surface area contributed by atoms with Crippen LogP contribution in [0.2, 0.25) is 5.15 Å². The minimum atomic E-state index is 0.175. The maximum atomic E-state index is 8.67. The molecule has 14 heavy (non-hydrogen) atoms. The zero-order chi connectivity index (χ0) is 10.1. The SMILES string of the molecule is N#Cc1ccc2nc(Cl)c(N)nc2c1. The van der Waals surface area contributed by atoms with Gasteiger partial charge < -0.3 is 5.73 Å². The number of rotatable bonds is 0. The molecule has 2 rings (SSSR count). The third-order valence-corrected chi connectivity index (χ3v) is 2.05. The average molecular weight is 205 g/mol. The molecule has 1 heterocycles. The highest BCUT2D eigenvalue weighted by Gasteiger charge is 2.03. The van der Waals surface area contributed by atoms with Crippen molar-refractivity contribution in [1.29, 1.82) is 5.26 Å². The van der Waals surface area contributed by atoms with Crippen molar-refractivity contribution >= 4 is 28.5 Å². The highest BCUT2D eigenvalue weighted by molar-refractivity contribution is 6.31. The van der Waals surface area contributed by atoms with Gasteiger partial charge in [-0.15, -0.1) is 0 Å². The van der Waals surface area contributed by atoms with Crippen LogP contribution in [0.3, 0.4) is 0 Å².